The first-order valence-electron chi connectivity index (χ1n) is 5.50. The van der Waals surface area contributed by atoms with Crippen LogP contribution in [0.3, 0.4) is 0 Å². The van der Waals surface area contributed by atoms with Gasteiger partial charge in [0.1, 0.15) is 11.4 Å². The first-order valence-corrected chi connectivity index (χ1v) is 5.50. The molecule has 0 aliphatic heterocycles. The summed E-state index contributed by atoms with van der Waals surface area (Å²) in [4.78, 5) is 4.02. The molecule has 0 aliphatic carbocycles. The van der Waals surface area contributed by atoms with Gasteiger partial charge in [-0.25, -0.2) is 0 Å². The van der Waals surface area contributed by atoms with Crippen molar-refractivity contribution in [2.75, 3.05) is 0 Å². The van der Waals surface area contributed by atoms with E-state index in [4.69, 9.17) is 4.52 Å². The van der Waals surface area contributed by atoms with Gasteiger partial charge in [-0.1, -0.05) is 17.3 Å². The Balaban J connectivity index is 2.03. The quantitative estimate of drug-likeness (QED) is 0.745. The van der Waals surface area contributed by atoms with Crippen molar-refractivity contribution >= 4 is 0 Å². The SMILES string of the molecule is Oc1ccccc1-c1cc(-c2cccnc2)on1. The number of phenolic OH excluding ortho intramolecular Hbond substituents is 1. The number of phenols is 1. The van der Waals surface area contributed by atoms with Crippen LogP contribution in [0.5, 0.6) is 5.75 Å². The van der Waals surface area contributed by atoms with Gasteiger partial charge in [0, 0.05) is 29.6 Å². The van der Waals surface area contributed by atoms with Crippen LogP contribution in [0, 0.1) is 0 Å². The zero-order valence-corrected chi connectivity index (χ0v) is 9.45. The van der Waals surface area contributed by atoms with Gasteiger partial charge < -0.3 is 9.63 Å². The van der Waals surface area contributed by atoms with Crippen molar-refractivity contribution in [3.05, 3.63) is 54.9 Å². The summed E-state index contributed by atoms with van der Waals surface area (Å²) in [6.07, 6.45) is 3.40. The Morgan fingerprint density at radius 1 is 1.06 bits per heavy atom. The van der Waals surface area contributed by atoms with Gasteiger partial charge in [-0.2, -0.15) is 0 Å². The normalized spacial score (nSPS) is 10.4. The molecule has 0 bridgehead atoms. The van der Waals surface area contributed by atoms with E-state index in [0.717, 1.165) is 5.56 Å². The summed E-state index contributed by atoms with van der Waals surface area (Å²) in [7, 11) is 0. The van der Waals surface area contributed by atoms with Crippen molar-refractivity contribution in [1.29, 1.82) is 0 Å². The topological polar surface area (TPSA) is 59.2 Å². The molecular formula is C14H10N2O2. The monoisotopic (exact) mass is 238 g/mol. The van der Waals surface area contributed by atoms with Crippen LogP contribution in [0.2, 0.25) is 0 Å². The van der Waals surface area contributed by atoms with E-state index in [2.05, 4.69) is 10.1 Å². The van der Waals surface area contributed by atoms with Gasteiger partial charge >= 0.3 is 0 Å². The largest absolute Gasteiger partial charge is 0.507 e. The highest BCUT2D eigenvalue weighted by Crippen LogP contribution is 2.30. The molecule has 18 heavy (non-hydrogen) atoms. The van der Waals surface area contributed by atoms with Crippen molar-refractivity contribution in [2.45, 2.75) is 0 Å². The highest BCUT2D eigenvalue weighted by atomic mass is 16.5. The number of benzene rings is 1. The van der Waals surface area contributed by atoms with Crippen LogP contribution in [-0.2, 0) is 0 Å². The lowest BCUT2D eigenvalue weighted by molar-refractivity contribution is 0.433. The Morgan fingerprint density at radius 2 is 1.94 bits per heavy atom. The van der Waals surface area contributed by atoms with Crippen molar-refractivity contribution in [2.24, 2.45) is 0 Å². The number of rotatable bonds is 2. The van der Waals surface area contributed by atoms with E-state index in [1.807, 2.05) is 18.2 Å². The third-order valence-electron chi connectivity index (χ3n) is 2.64. The number of nitrogens with zero attached hydrogens (tertiary/aromatic N) is 2. The summed E-state index contributed by atoms with van der Waals surface area (Å²) >= 11 is 0. The summed E-state index contributed by atoms with van der Waals surface area (Å²) in [5.41, 5.74) is 2.11. The minimum atomic E-state index is 0.184. The maximum absolute atomic E-state index is 9.75. The van der Waals surface area contributed by atoms with Gasteiger partial charge in [-0.15, -0.1) is 0 Å². The van der Waals surface area contributed by atoms with Crippen LogP contribution >= 0.6 is 0 Å². The second-order valence-electron chi connectivity index (χ2n) is 3.84. The molecule has 1 aromatic carbocycles. The highest BCUT2D eigenvalue weighted by molar-refractivity contribution is 5.70. The van der Waals surface area contributed by atoms with Crippen molar-refractivity contribution in [1.82, 2.24) is 10.1 Å². The van der Waals surface area contributed by atoms with E-state index in [0.29, 0.717) is 17.0 Å². The molecule has 4 nitrogen and oxygen atoms in total. The van der Waals surface area contributed by atoms with Gasteiger partial charge in [0.2, 0.25) is 0 Å². The molecule has 0 saturated heterocycles. The minimum absolute atomic E-state index is 0.184. The number of hydrogen-bond acceptors (Lipinski definition) is 4. The van der Waals surface area contributed by atoms with Crippen molar-refractivity contribution in [3.63, 3.8) is 0 Å². The smallest absolute Gasteiger partial charge is 0.169 e. The molecule has 0 radical (unpaired) electrons. The predicted octanol–water partition coefficient (Wildman–Crippen LogP) is 3.11. The third-order valence-corrected chi connectivity index (χ3v) is 2.64. The summed E-state index contributed by atoms with van der Waals surface area (Å²) in [6, 6.07) is 12.5. The molecule has 0 atom stereocenters. The van der Waals surface area contributed by atoms with Crippen LogP contribution in [-0.4, -0.2) is 15.2 Å². The van der Waals surface area contributed by atoms with Crippen LogP contribution < -0.4 is 0 Å². The molecule has 0 unspecified atom stereocenters. The first kappa shape index (κ1) is 10.5. The molecule has 88 valence electrons. The fourth-order valence-electron chi connectivity index (χ4n) is 1.74. The van der Waals surface area contributed by atoms with Gasteiger partial charge in [0.15, 0.2) is 5.76 Å². The number of hydrogen-bond donors (Lipinski definition) is 1. The van der Waals surface area contributed by atoms with E-state index in [1.54, 1.807) is 36.7 Å². The van der Waals surface area contributed by atoms with Gasteiger partial charge in [-0.3, -0.25) is 4.98 Å². The Bertz CT molecular complexity index is 662. The minimum Gasteiger partial charge on any atom is -0.507 e. The highest BCUT2D eigenvalue weighted by Gasteiger charge is 2.11. The summed E-state index contributed by atoms with van der Waals surface area (Å²) in [6.45, 7) is 0. The van der Waals surface area contributed by atoms with Crippen LogP contribution in [0.4, 0.5) is 0 Å². The molecule has 0 saturated carbocycles. The fourth-order valence-corrected chi connectivity index (χ4v) is 1.74. The third kappa shape index (κ3) is 1.84. The first-order chi connectivity index (χ1) is 8.84. The Hall–Kier alpha value is -2.62. The predicted molar refractivity (Wildman–Crippen MR) is 66.8 cm³/mol. The number of aromatic hydroxyl groups is 1. The van der Waals surface area contributed by atoms with E-state index in [9.17, 15) is 5.11 Å². The average molecular weight is 238 g/mol. The average Bonchev–Trinajstić information content (AvgIpc) is 2.90. The molecule has 2 heterocycles. The lowest BCUT2D eigenvalue weighted by Crippen LogP contribution is -1.77. The van der Waals surface area contributed by atoms with Gasteiger partial charge in [-0.05, 0) is 24.3 Å². The maximum Gasteiger partial charge on any atom is 0.169 e. The fraction of sp³-hybridized carbons (Fsp3) is 0. The molecule has 0 aliphatic rings. The molecule has 3 rings (SSSR count). The Kier molecular flexibility index (Phi) is 2.53. The number of pyridine rings is 1. The molecule has 3 aromatic rings. The standard InChI is InChI=1S/C14H10N2O2/c17-13-6-2-1-5-11(13)12-8-14(18-16-12)10-4-3-7-15-9-10/h1-9,17H. The van der Waals surface area contributed by atoms with Crippen LogP contribution in [0.1, 0.15) is 0 Å². The maximum atomic E-state index is 9.75. The second kappa shape index (κ2) is 4.33. The number of aromatic nitrogens is 2. The van der Waals surface area contributed by atoms with Gasteiger partial charge in [0.05, 0.1) is 0 Å². The zero-order chi connectivity index (χ0) is 12.4. The van der Waals surface area contributed by atoms with E-state index in [-0.39, 0.29) is 5.75 Å². The molecule has 2 aromatic heterocycles. The molecule has 0 amide bonds. The van der Waals surface area contributed by atoms with E-state index >= 15 is 0 Å². The molecule has 1 N–H and O–H groups in total. The van der Waals surface area contributed by atoms with Crippen molar-refractivity contribution < 1.29 is 9.63 Å². The molecular weight excluding hydrogens is 228 g/mol. The second-order valence-corrected chi connectivity index (χ2v) is 3.84. The number of para-hydroxylation sites is 1. The molecule has 0 spiro atoms. The Labute approximate surface area is 104 Å². The molecule has 0 fully saturated rings. The lowest BCUT2D eigenvalue weighted by Gasteiger charge is -1.97. The summed E-state index contributed by atoms with van der Waals surface area (Å²) < 4.78 is 5.26. The van der Waals surface area contributed by atoms with E-state index in [1.165, 1.54) is 0 Å². The van der Waals surface area contributed by atoms with Crippen LogP contribution in [0.25, 0.3) is 22.6 Å². The lowest BCUT2D eigenvalue weighted by atomic mass is 10.1. The molecule has 4 heteroatoms. The summed E-state index contributed by atoms with van der Waals surface area (Å²) in [5, 5.41) is 13.7. The van der Waals surface area contributed by atoms with E-state index < -0.39 is 0 Å². The zero-order valence-electron chi connectivity index (χ0n) is 9.45. The Morgan fingerprint density at radius 3 is 2.72 bits per heavy atom. The van der Waals surface area contributed by atoms with Gasteiger partial charge in [0.25, 0.3) is 0 Å². The van der Waals surface area contributed by atoms with Crippen LogP contribution in [0.15, 0.2) is 59.4 Å². The summed E-state index contributed by atoms with van der Waals surface area (Å²) in [5.74, 6) is 0.810. The van der Waals surface area contributed by atoms with Crippen molar-refractivity contribution in [3.8, 4) is 28.3 Å².